The first-order chi connectivity index (χ1) is 9.22. The van der Waals surface area contributed by atoms with Crippen LogP contribution in [-0.4, -0.2) is 35.8 Å². The van der Waals surface area contributed by atoms with Crippen LogP contribution in [0.4, 0.5) is 5.95 Å². The number of nitrogens with one attached hydrogen (secondary N) is 1. The number of hydrogen-bond acceptors (Lipinski definition) is 6. The summed E-state index contributed by atoms with van der Waals surface area (Å²) in [7, 11) is 0. The van der Waals surface area contributed by atoms with Crippen molar-refractivity contribution < 1.29 is 0 Å². The summed E-state index contributed by atoms with van der Waals surface area (Å²) >= 11 is 5.91. The Balaban J connectivity index is 2.21. The molecule has 0 radical (unpaired) electrons. The standard InChI is InChI=1S/C11H16ClN7/c1-3-5-8(4-2)15-10-16-9(12)17-11(18-10)19-7-13-6-14-19/h6-8H,3-5H2,1-2H3,(H,15,16,17,18). The summed E-state index contributed by atoms with van der Waals surface area (Å²) in [5.74, 6) is 0.817. The third-order valence-corrected chi connectivity index (χ3v) is 2.85. The van der Waals surface area contributed by atoms with Crippen LogP contribution in [0.15, 0.2) is 12.7 Å². The van der Waals surface area contributed by atoms with Crippen molar-refractivity contribution >= 4 is 17.5 Å². The monoisotopic (exact) mass is 281 g/mol. The molecule has 2 aromatic heterocycles. The molecule has 0 aliphatic heterocycles. The second-order valence-corrected chi connectivity index (χ2v) is 4.44. The SMILES string of the molecule is CCCC(CC)Nc1nc(Cl)nc(-n2cncn2)n1. The van der Waals surface area contributed by atoms with Gasteiger partial charge in [-0.05, 0) is 24.4 Å². The molecule has 8 heteroatoms. The minimum Gasteiger partial charge on any atom is -0.351 e. The molecule has 7 nitrogen and oxygen atoms in total. The molecule has 2 rings (SSSR count). The molecule has 19 heavy (non-hydrogen) atoms. The molecule has 1 atom stereocenters. The van der Waals surface area contributed by atoms with E-state index in [-0.39, 0.29) is 5.28 Å². The van der Waals surface area contributed by atoms with Crippen molar-refractivity contribution in [3.63, 3.8) is 0 Å². The van der Waals surface area contributed by atoms with Gasteiger partial charge in [0.1, 0.15) is 12.7 Å². The fourth-order valence-electron chi connectivity index (χ4n) is 1.73. The van der Waals surface area contributed by atoms with Crippen molar-refractivity contribution in [2.24, 2.45) is 0 Å². The average molecular weight is 282 g/mol. The van der Waals surface area contributed by atoms with Crippen LogP contribution in [0.3, 0.4) is 0 Å². The van der Waals surface area contributed by atoms with E-state index in [0.717, 1.165) is 19.3 Å². The summed E-state index contributed by atoms with van der Waals surface area (Å²) in [5.41, 5.74) is 0. The molecular formula is C11H16ClN7. The van der Waals surface area contributed by atoms with Crippen molar-refractivity contribution in [3.8, 4) is 5.95 Å². The van der Waals surface area contributed by atoms with Gasteiger partial charge in [0.2, 0.25) is 11.2 Å². The number of hydrogen-bond donors (Lipinski definition) is 1. The van der Waals surface area contributed by atoms with Gasteiger partial charge in [0, 0.05) is 6.04 Å². The van der Waals surface area contributed by atoms with Crippen LogP contribution in [0.1, 0.15) is 33.1 Å². The van der Waals surface area contributed by atoms with E-state index in [2.05, 4.69) is 44.2 Å². The Bertz CT molecular complexity index is 514. The third kappa shape index (κ3) is 3.60. The molecule has 0 saturated carbocycles. The van der Waals surface area contributed by atoms with E-state index < -0.39 is 0 Å². The highest BCUT2D eigenvalue weighted by molar-refractivity contribution is 6.28. The molecule has 0 aromatic carbocycles. The minimum absolute atomic E-state index is 0.134. The van der Waals surface area contributed by atoms with Crippen LogP contribution < -0.4 is 5.32 Å². The summed E-state index contributed by atoms with van der Waals surface area (Å²) in [4.78, 5) is 16.2. The maximum absolute atomic E-state index is 5.91. The first kappa shape index (κ1) is 13.7. The number of aromatic nitrogens is 6. The summed E-state index contributed by atoms with van der Waals surface area (Å²) in [6, 6.07) is 0.326. The lowest BCUT2D eigenvalue weighted by atomic mass is 10.1. The Kier molecular flexibility index (Phi) is 4.62. The zero-order valence-electron chi connectivity index (χ0n) is 10.9. The minimum atomic E-state index is 0.134. The van der Waals surface area contributed by atoms with Gasteiger partial charge in [-0.1, -0.05) is 20.3 Å². The molecular weight excluding hydrogens is 266 g/mol. The second kappa shape index (κ2) is 6.42. The maximum atomic E-state index is 5.91. The predicted molar refractivity (Wildman–Crippen MR) is 72.4 cm³/mol. The number of halogens is 1. The van der Waals surface area contributed by atoms with Gasteiger partial charge in [-0.15, -0.1) is 0 Å². The fraction of sp³-hybridized carbons (Fsp3) is 0.545. The van der Waals surface area contributed by atoms with Gasteiger partial charge in [-0.25, -0.2) is 4.98 Å². The summed E-state index contributed by atoms with van der Waals surface area (Å²) in [6.07, 6.45) is 6.07. The molecule has 0 spiro atoms. The summed E-state index contributed by atoms with van der Waals surface area (Å²) < 4.78 is 1.44. The molecule has 0 amide bonds. The molecule has 0 aliphatic rings. The first-order valence-corrected chi connectivity index (χ1v) is 6.63. The number of nitrogens with zero attached hydrogens (tertiary/aromatic N) is 6. The topological polar surface area (TPSA) is 81.4 Å². The van der Waals surface area contributed by atoms with Crippen molar-refractivity contribution in [2.45, 2.75) is 39.2 Å². The fourth-order valence-corrected chi connectivity index (χ4v) is 1.88. The van der Waals surface area contributed by atoms with Gasteiger partial charge >= 0.3 is 0 Å². The molecule has 0 saturated heterocycles. The van der Waals surface area contributed by atoms with Gasteiger partial charge in [-0.2, -0.15) is 24.7 Å². The Morgan fingerprint density at radius 1 is 1.32 bits per heavy atom. The van der Waals surface area contributed by atoms with E-state index in [4.69, 9.17) is 11.6 Å². The van der Waals surface area contributed by atoms with Gasteiger partial charge in [0.25, 0.3) is 5.95 Å². The van der Waals surface area contributed by atoms with Gasteiger partial charge in [0.15, 0.2) is 0 Å². The van der Waals surface area contributed by atoms with Crippen LogP contribution in [0.2, 0.25) is 5.28 Å². The third-order valence-electron chi connectivity index (χ3n) is 2.68. The van der Waals surface area contributed by atoms with E-state index >= 15 is 0 Å². The Morgan fingerprint density at radius 2 is 2.16 bits per heavy atom. The van der Waals surface area contributed by atoms with Gasteiger partial charge < -0.3 is 5.32 Å². The van der Waals surface area contributed by atoms with Crippen LogP contribution in [0, 0.1) is 0 Å². The zero-order valence-corrected chi connectivity index (χ0v) is 11.7. The van der Waals surface area contributed by atoms with Crippen molar-refractivity contribution in [3.05, 3.63) is 17.9 Å². The Morgan fingerprint density at radius 3 is 2.79 bits per heavy atom. The molecule has 0 fully saturated rings. The summed E-state index contributed by atoms with van der Waals surface area (Å²) in [5, 5.41) is 7.37. The van der Waals surface area contributed by atoms with E-state index in [1.807, 2.05) is 0 Å². The molecule has 1 unspecified atom stereocenters. The smallest absolute Gasteiger partial charge is 0.258 e. The first-order valence-electron chi connectivity index (χ1n) is 6.26. The molecule has 102 valence electrons. The van der Waals surface area contributed by atoms with Crippen LogP contribution in [-0.2, 0) is 0 Å². The lowest BCUT2D eigenvalue weighted by Gasteiger charge is -2.16. The average Bonchev–Trinajstić information content (AvgIpc) is 2.91. The highest BCUT2D eigenvalue weighted by Gasteiger charge is 2.11. The van der Waals surface area contributed by atoms with Crippen LogP contribution in [0.25, 0.3) is 5.95 Å². The molecule has 1 N–H and O–H groups in total. The van der Waals surface area contributed by atoms with Gasteiger partial charge in [0.05, 0.1) is 0 Å². The highest BCUT2D eigenvalue weighted by atomic mass is 35.5. The lowest BCUT2D eigenvalue weighted by molar-refractivity contribution is 0.616. The van der Waals surface area contributed by atoms with E-state index in [1.54, 1.807) is 0 Å². The Labute approximate surface area is 116 Å². The predicted octanol–water partition coefficient (Wildman–Crippen LogP) is 2.10. The van der Waals surface area contributed by atoms with Gasteiger partial charge in [-0.3, -0.25) is 0 Å². The second-order valence-electron chi connectivity index (χ2n) is 4.11. The van der Waals surface area contributed by atoms with Crippen LogP contribution in [0.5, 0.6) is 0 Å². The quantitative estimate of drug-likeness (QED) is 0.873. The highest BCUT2D eigenvalue weighted by Crippen LogP contribution is 2.12. The number of rotatable bonds is 6. The normalized spacial score (nSPS) is 12.4. The summed E-state index contributed by atoms with van der Waals surface area (Å²) in [6.45, 7) is 4.26. The van der Waals surface area contributed by atoms with Crippen LogP contribution >= 0.6 is 11.6 Å². The maximum Gasteiger partial charge on any atom is 0.258 e. The van der Waals surface area contributed by atoms with Crippen molar-refractivity contribution in [2.75, 3.05) is 5.32 Å². The molecule has 0 bridgehead atoms. The molecule has 0 aliphatic carbocycles. The zero-order chi connectivity index (χ0) is 13.7. The van der Waals surface area contributed by atoms with Crippen molar-refractivity contribution in [1.82, 2.24) is 29.7 Å². The molecule has 2 heterocycles. The molecule has 2 aromatic rings. The van der Waals surface area contributed by atoms with E-state index in [1.165, 1.54) is 17.3 Å². The number of anilines is 1. The van der Waals surface area contributed by atoms with E-state index in [0.29, 0.717) is 17.9 Å². The Hall–Kier alpha value is -1.76. The largest absolute Gasteiger partial charge is 0.351 e. The lowest BCUT2D eigenvalue weighted by Crippen LogP contribution is -2.20. The van der Waals surface area contributed by atoms with E-state index in [9.17, 15) is 0 Å². The van der Waals surface area contributed by atoms with Crippen molar-refractivity contribution in [1.29, 1.82) is 0 Å².